The largest absolute Gasteiger partial charge is 0.493 e. The maximum atomic E-state index is 5.98. The van der Waals surface area contributed by atoms with E-state index in [0.29, 0.717) is 17.5 Å². The molecule has 0 bridgehead atoms. The number of methoxy groups -OCH3 is 1. The van der Waals surface area contributed by atoms with Crippen LogP contribution in [-0.4, -0.2) is 48.0 Å². The lowest BCUT2D eigenvalue weighted by Gasteiger charge is -2.22. The molecule has 0 atom stereocenters. The zero-order chi connectivity index (χ0) is 21.9. The number of rotatable bonds is 11. The van der Waals surface area contributed by atoms with Crippen LogP contribution in [-0.2, 0) is 6.54 Å². The van der Waals surface area contributed by atoms with Crippen molar-refractivity contribution in [2.45, 2.75) is 45.6 Å². The van der Waals surface area contributed by atoms with Gasteiger partial charge in [-0.25, -0.2) is 4.98 Å². The van der Waals surface area contributed by atoms with Crippen LogP contribution < -0.4 is 25.4 Å². The Morgan fingerprint density at radius 3 is 2.84 bits per heavy atom. The van der Waals surface area contributed by atoms with Gasteiger partial charge in [0.05, 0.1) is 20.0 Å². The van der Waals surface area contributed by atoms with Crippen LogP contribution in [0, 0.1) is 12.8 Å². The molecule has 1 saturated heterocycles. The number of aryl methyl sites for hydroxylation is 2. The summed E-state index contributed by atoms with van der Waals surface area (Å²) >= 11 is 5.42. The maximum Gasteiger partial charge on any atom is 0.170 e. The Bertz CT molecular complexity index is 820. The van der Waals surface area contributed by atoms with Crippen LogP contribution in [0.25, 0.3) is 0 Å². The van der Waals surface area contributed by atoms with E-state index in [1.807, 2.05) is 30.7 Å². The molecule has 0 unspecified atom stereocenters. The van der Waals surface area contributed by atoms with Crippen LogP contribution in [0.3, 0.4) is 0 Å². The predicted molar refractivity (Wildman–Crippen MR) is 129 cm³/mol. The fourth-order valence-corrected chi connectivity index (χ4v) is 4.06. The molecule has 0 spiro atoms. The smallest absolute Gasteiger partial charge is 0.170 e. The number of nitrogens with one attached hydrogen (secondary N) is 3. The predicted octanol–water partition coefficient (Wildman–Crippen LogP) is 3.74. The first-order valence-electron chi connectivity index (χ1n) is 11.2. The van der Waals surface area contributed by atoms with E-state index >= 15 is 0 Å². The molecular weight excluding hydrogens is 410 g/mol. The minimum absolute atomic E-state index is 0.597. The highest BCUT2D eigenvalue weighted by atomic mass is 32.1. The molecule has 0 amide bonds. The number of hydrogen-bond donors (Lipinski definition) is 3. The Hall–Kier alpha value is -2.32. The Morgan fingerprint density at radius 2 is 2.10 bits per heavy atom. The van der Waals surface area contributed by atoms with Crippen molar-refractivity contribution in [3.05, 3.63) is 36.4 Å². The van der Waals surface area contributed by atoms with E-state index in [-0.39, 0.29) is 0 Å². The number of anilines is 1. The van der Waals surface area contributed by atoms with Crippen LogP contribution >= 0.6 is 12.2 Å². The maximum absolute atomic E-state index is 5.98. The monoisotopic (exact) mass is 445 g/mol. The minimum atomic E-state index is 0.597. The van der Waals surface area contributed by atoms with E-state index in [1.54, 1.807) is 7.11 Å². The molecule has 1 aliphatic heterocycles. The van der Waals surface area contributed by atoms with Crippen molar-refractivity contribution in [1.29, 1.82) is 0 Å². The third kappa shape index (κ3) is 7.70. The van der Waals surface area contributed by atoms with E-state index < -0.39 is 0 Å². The number of thiocarbonyl (C=S) groups is 1. The Labute approximate surface area is 190 Å². The number of nitrogens with zero attached hydrogens (tertiary/aromatic N) is 2. The zero-order valence-corrected chi connectivity index (χ0v) is 19.5. The molecule has 8 heteroatoms. The van der Waals surface area contributed by atoms with Gasteiger partial charge in [-0.05, 0) is 82.4 Å². The summed E-state index contributed by atoms with van der Waals surface area (Å²) in [4.78, 5) is 4.14. The third-order valence-corrected chi connectivity index (χ3v) is 5.92. The summed E-state index contributed by atoms with van der Waals surface area (Å²) in [7, 11) is 1.66. The van der Waals surface area contributed by atoms with Crippen LogP contribution in [0.1, 0.15) is 37.8 Å². The van der Waals surface area contributed by atoms with Gasteiger partial charge in [-0.1, -0.05) is 0 Å². The summed E-state index contributed by atoms with van der Waals surface area (Å²) in [6, 6.07) is 5.83. The van der Waals surface area contributed by atoms with Crippen molar-refractivity contribution in [2.24, 2.45) is 5.92 Å². The SMILES string of the molecule is COc1cc(NC(=S)NCCCn2cncc2C)ccc1OCCCC1CCNCC1. The zero-order valence-electron chi connectivity index (χ0n) is 18.7. The normalized spacial score (nSPS) is 14.3. The molecular formula is C23H35N5O2S. The molecule has 0 aliphatic carbocycles. The number of aromatic nitrogens is 2. The van der Waals surface area contributed by atoms with E-state index in [2.05, 4.69) is 32.4 Å². The highest BCUT2D eigenvalue weighted by Gasteiger charge is 2.13. The van der Waals surface area contributed by atoms with Crippen LogP contribution in [0.4, 0.5) is 5.69 Å². The van der Waals surface area contributed by atoms with Gasteiger partial charge in [0.2, 0.25) is 0 Å². The Morgan fingerprint density at radius 1 is 1.26 bits per heavy atom. The standard InChI is InChI=1S/C23H35N5O2S/c1-18-16-25-17-28(18)13-4-10-26-23(31)27-20-6-7-21(22(15-20)29-2)30-14-3-5-19-8-11-24-12-9-19/h6-7,15-17,19,24H,3-5,8-14H2,1-2H3,(H2,26,27,31). The number of hydrogen-bond acceptors (Lipinski definition) is 5. The van der Waals surface area contributed by atoms with Gasteiger partial charge in [0.25, 0.3) is 0 Å². The van der Waals surface area contributed by atoms with E-state index in [0.717, 1.165) is 56.4 Å². The highest BCUT2D eigenvalue weighted by Crippen LogP contribution is 2.30. The summed E-state index contributed by atoms with van der Waals surface area (Å²) in [5, 5.41) is 10.5. The van der Waals surface area contributed by atoms with E-state index in [9.17, 15) is 0 Å². The van der Waals surface area contributed by atoms with Crippen molar-refractivity contribution in [1.82, 2.24) is 20.2 Å². The summed E-state index contributed by atoms with van der Waals surface area (Å²) in [5.41, 5.74) is 2.04. The topological polar surface area (TPSA) is 72.4 Å². The lowest BCUT2D eigenvalue weighted by atomic mass is 9.93. The lowest BCUT2D eigenvalue weighted by molar-refractivity contribution is 0.263. The third-order valence-electron chi connectivity index (χ3n) is 5.68. The van der Waals surface area contributed by atoms with E-state index in [4.69, 9.17) is 21.7 Å². The second-order valence-electron chi connectivity index (χ2n) is 8.01. The molecule has 0 saturated carbocycles. The molecule has 1 aromatic heterocycles. The number of benzene rings is 1. The summed E-state index contributed by atoms with van der Waals surface area (Å²) < 4.78 is 13.6. The molecule has 2 heterocycles. The van der Waals surface area contributed by atoms with Gasteiger partial charge in [0.1, 0.15) is 0 Å². The van der Waals surface area contributed by atoms with Gasteiger partial charge < -0.3 is 30.0 Å². The number of imidazole rings is 1. The van der Waals surface area contributed by atoms with Gasteiger partial charge in [-0.15, -0.1) is 0 Å². The second kappa shape index (κ2) is 12.5. The molecule has 0 radical (unpaired) electrons. The molecule has 1 aromatic carbocycles. The summed E-state index contributed by atoms with van der Waals surface area (Å²) in [5.74, 6) is 2.31. The average molecular weight is 446 g/mol. The van der Waals surface area contributed by atoms with Crippen LogP contribution in [0.2, 0.25) is 0 Å². The fourth-order valence-electron chi connectivity index (χ4n) is 3.84. The quantitative estimate of drug-likeness (QED) is 0.359. The molecule has 1 aliphatic rings. The molecule has 7 nitrogen and oxygen atoms in total. The molecule has 1 fully saturated rings. The first-order chi connectivity index (χ1) is 15.2. The Balaban J connectivity index is 1.37. The van der Waals surface area contributed by atoms with Crippen molar-refractivity contribution in [3.63, 3.8) is 0 Å². The van der Waals surface area contributed by atoms with Gasteiger partial charge in [0, 0.05) is 36.7 Å². The van der Waals surface area contributed by atoms with E-state index in [1.165, 1.54) is 25.0 Å². The minimum Gasteiger partial charge on any atom is -0.493 e. The number of ether oxygens (including phenoxy) is 2. The highest BCUT2D eigenvalue weighted by molar-refractivity contribution is 7.80. The van der Waals surface area contributed by atoms with Gasteiger partial charge in [0.15, 0.2) is 16.6 Å². The Kier molecular flexibility index (Phi) is 9.42. The van der Waals surface area contributed by atoms with Crippen molar-refractivity contribution < 1.29 is 9.47 Å². The van der Waals surface area contributed by atoms with Gasteiger partial charge >= 0.3 is 0 Å². The summed E-state index contributed by atoms with van der Waals surface area (Å²) in [6.07, 6.45) is 9.54. The van der Waals surface area contributed by atoms with Gasteiger partial charge in [-0.3, -0.25) is 0 Å². The first kappa shape index (κ1) is 23.3. The van der Waals surface area contributed by atoms with Crippen molar-refractivity contribution >= 4 is 23.0 Å². The molecule has 170 valence electrons. The number of piperidine rings is 1. The van der Waals surface area contributed by atoms with Crippen LogP contribution in [0.15, 0.2) is 30.7 Å². The fraction of sp³-hybridized carbons (Fsp3) is 0.565. The van der Waals surface area contributed by atoms with Crippen molar-refractivity contribution in [3.8, 4) is 11.5 Å². The van der Waals surface area contributed by atoms with Crippen molar-refractivity contribution in [2.75, 3.05) is 38.7 Å². The lowest BCUT2D eigenvalue weighted by Crippen LogP contribution is -2.29. The first-order valence-corrected chi connectivity index (χ1v) is 11.6. The molecule has 2 aromatic rings. The van der Waals surface area contributed by atoms with Crippen LogP contribution in [0.5, 0.6) is 11.5 Å². The molecule has 31 heavy (non-hydrogen) atoms. The average Bonchev–Trinajstić information content (AvgIpc) is 3.20. The summed E-state index contributed by atoms with van der Waals surface area (Å²) in [6.45, 7) is 6.77. The second-order valence-corrected chi connectivity index (χ2v) is 8.42. The van der Waals surface area contributed by atoms with Gasteiger partial charge in [-0.2, -0.15) is 0 Å². The molecule has 3 N–H and O–H groups in total. The molecule has 3 rings (SSSR count).